The summed E-state index contributed by atoms with van der Waals surface area (Å²) in [6.07, 6.45) is 5.84. The molecule has 1 aliphatic rings. The van der Waals surface area contributed by atoms with Crippen molar-refractivity contribution in [2.45, 2.75) is 50.9 Å². The molecule has 8 nitrogen and oxygen atoms in total. The number of nitrogens with one attached hydrogen (secondary N) is 2. The third-order valence-electron chi connectivity index (χ3n) is 6.35. The van der Waals surface area contributed by atoms with Crippen LogP contribution in [-0.2, 0) is 13.1 Å². The topological polar surface area (TPSA) is 120 Å². The quantitative estimate of drug-likeness (QED) is 0.292. The fourth-order valence-electron chi connectivity index (χ4n) is 4.39. The van der Waals surface area contributed by atoms with E-state index in [2.05, 4.69) is 27.8 Å². The van der Waals surface area contributed by atoms with E-state index in [1.807, 2.05) is 41.2 Å². The second-order valence-electron chi connectivity index (χ2n) is 8.85. The number of para-hydroxylation sites is 1. The van der Waals surface area contributed by atoms with Crippen molar-refractivity contribution in [3.8, 4) is 0 Å². The fourth-order valence-corrected chi connectivity index (χ4v) is 4.58. The Bertz CT molecular complexity index is 1260. The molecule has 2 heterocycles. The number of nitrogens with two attached hydrogens (primary N) is 2. The SMILES string of the molecule is Nc1c(Cl)cccc1CNc1nc(NC2CCC(N)CC2)nc2c1ncn2Cc1ccccc1. The van der Waals surface area contributed by atoms with Crippen LogP contribution in [0.3, 0.4) is 0 Å². The summed E-state index contributed by atoms with van der Waals surface area (Å²) in [7, 11) is 0. The minimum atomic E-state index is 0.286. The molecular weight excluding hydrogens is 448 g/mol. The molecule has 0 spiro atoms. The number of halogens is 1. The fraction of sp³-hybridized carbons (Fsp3) is 0.320. The van der Waals surface area contributed by atoms with Crippen LogP contribution < -0.4 is 22.1 Å². The number of fused-ring (bicyclic) bond motifs is 1. The zero-order valence-electron chi connectivity index (χ0n) is 18.9. The highest BCUT2D eigenvalue weighted by Crippen LogP contribution is 2.27. The monoisotopic (exact) mass is 476 g/mol. The first kappa shape index (κ1) is 22.4. The third-order valence-corrected chi connectivity index (χ3v) is 6.68. The van der Waals surface area contributed by atoms with Crippen LogP contribution in [0.2, 0.25) is 5.02 Å². The van der Waals surface area contributed by atoms with Gasteiger partial charge in [0.1, 0.15) is 0 Å². The van der Waals surface area contributed by atoms with Crippen LogP contribution in [0.4, 0.5) is 17.5 Å². The molecule has 1 aliphatic carbocycles. The Labute approximate surface area is 203 Å². The van der Waals surface area contributed by atoms with Gasteiger partial charge in [-0.25, -0.2) is 4.98 Å². The average molecular weight is 477 g/mol. The van der Waals surface area contributed by atoms with Gasteiger partial charge in [-0.15, -0.1) is 0 Å². The number of nitrogen functional groups attached to an aromatic ring is 1. The number of anilines is 3. The smallest absolute Gasteiger partial charge is 0.227 e. The van der Waals surface area contributed by atoms with Crippen molar-refractivity contribution >= 4 is 40.2 Å². The molecule has 6 N–H and O–H groups in total. The Morgan fingerprint density at radius 2 is 1.79 bits per heavy atom. The number of benzene rings is 2. The van der Waals surface area contributed by atoms with Crippen molar-refractivity contribution in [3.63, 3.8) is 0 Å². The van der Waals surface area contributed by atoms with Gasteiger partial charge in [-0.2, -0.15) is 9.97 Å². The lowest BCUT2D eigenvalue weighted by Crippen LogP contribution is -2.33. The minimum absolute atomic E-state index is 0.286. The van der Waals surface area contributed by atoms with Gasteiger partial charge in [-0.05, 0) is 42.9 Å². The Hall–Kier alpha value is -3.36. The zero-order chi connectivity index (χ0) is 23.5. The van der Waals surface area contributed by atoms with Crippen molar-refractivity contribution in [3.05, 3.63) is 71.0 Å². The summed E-state index contributed by atoms with van der Waals surface area (Å²) >= 11 is 6.20. The molecule has 2 aromatic carbocycles. The first-order valence-electron chi connectivity index (χ1n) is 11.6. The molecule has 5 rings (SSSR count). The molecular formula is C25H29ClN8. The highest BCUT2D eigenvalue weighted by molar-refractivity contribution is 6.33. The second kappa shape index (κ2) is 9.87. The minimum Gasteiger partial charge on any atom is -0.397 e. The van der Waals surface area contributed by atoms with Crippen LogP contribution in [0.25, 0.3) is 11.2 Å². The molecule has 0 saturated heterocycles. The molecule has 2 aromatic heterocycles. The largest absolute Gasteiger partial charge is 0.397 e. The van der Waals surface area contributed by atoms with E-state index in [4.69, 9.17) is 33.0 Å². The number of rotatable bonds is 7. The number of imidazole rings is 1. The van der Waals surface area contributed by atoms with E-state index in [-0.39, 0.29) is 6.04 Å². The van der Waals surface area contributed by atoms with Crippen molar-refractivity contribution in [1.82, 2.24) is 19.5 Å². The van der Waals surface area contributed by atoms with Gasteiger partial charge in [0.25, 0.3) is 0 Å². The summed E-state index contributed by atoms with van der Waals surface area (Å²) in [5.41, 5.74) is 16.4. The summed E-state index contributed by atoms with van der Waals surface area (Å²) in [6, 6.07) is 16.5. The maximum atomic E-state index is 6.20. The first-order valence-corrected chi connectivity index (χ1v) is 12.0. The third kappa shape index (κ3) is 4.93. The van der Waals surface area contributed by atoms with E-state index in [9.17, 15) is 0 Å². The number of nitrogens with zero attached hydrogens (tertiary/aromatic N) is 4. The van der Waals surface area contributed by atoms with Gasteiger partial charge in [0.2, 0.25) is 5.95 Å². The first-order chi connectivity index (χ1) is 16.6. The maximum Gasteiger partial charge on any atom is 0.227 e. The van der Waals surface area contributed by atoms with E-state index in [0.29, 0.717) is 47.1 Å². The molecule has 0 radical (unpaired) electrons. The highest BCUT2D eigenvalue weighted by Gasteiger charge is 2.21. The van der Waals surface area contributed by atoms with Crippen LogP contribution in [0.5, 0.6) is 0 Å². The number of aromatic nitrogens is 4. The summed E-state index contributed by atoms with van der Waals surface area (Å²) in [6.45, 7) is 1.15. The van der Waals surface area contributed by atoms with E-state index in [1.165, 1.54) is 5.56 Å². The normalized spacial score (nSPS) is 18.2. The molecule has 0 aliphatic heterocycles. The van der Waals surface area contributed by atoms with Crippen molar-refractivity contribution in [1.29, 1.82) is 0 Å². The summed E-state index contributed by atoms with van der Waals surface area (Å²) in [5.74, 6) is 1.25. The molecule has 0 amide bonds. The Kier molecular flexibility index (Phi) is 6.51. The molecule has 1 fully saturated rings. The lowest BCUT2D eigenvalue weighted by atomic mass is 9.92. The summed E-state index contributed by atoms with van der Waals surface area (Å²) in [5, 5.41) is 7.48. The molecule has 34 heavy (non-hydrogen) atoms. The van der Waals surface area contributed by atoms with Crippen LogP contribution in [-0.4, -0.2) is 31.6 Å². The van der Waals surface area contributed by atoms with Crippen LogP contribution >= 0.6 is 11.6 Å². The lowest BCUT2D eigenvalue weighted by molar-refractivity contribution is 0.410. The van der Waals surface area contributed by atoms with Crippen LogP contribution in [0.1, 0.15) is 36.8 Å². The Morgan fingerprint density at radius 1 is 1.00 bits per heavy atom. The second-order valence-corrected chi connectivity index (χ2v) is 9.26. The van der Waals surface area contributed by atoms with Crippen molar-refractivity contribution in [2.24, 2.45) is 5.73 Å². The van der Waals surface area contributed by atoms with Crippen molar-refractivity contribution < 1.29 is 0 Å². The maximum absolute atomic E-state index is 6.20. The molecule has 9 heteroatoms. The van der Waals surface area contributed by atoms with Gasteiger partial charge in [-0.3, -0.25) is 0 Å². The molecule has 176 valence electrons. The van der Waals surface area contributed by atoms with Gasteiger partial charge in [0, 0.05) is 18.6 Å². The van der Waals surface area contributed by atoms with Crippen LogP contribution in [0.15, 0.2) is 54.9 Å². The molecule has 0 atom stereocenters. The van der Waals surface area contributed by atoms with Gasteiger partial charge in [0.05, 0.1) is 23.6 Å². The Balaban J connectivity index is 1.46. The predicted molar refractivity (Wildman–Crippen MR) is 138 cm³/mol. The van der Waals surface area contributed by atoms with Gasteiger partial charge in [-0.1, -0.05) is 54.1 Å². The van der Waals surface area contributed by atoms with E-state index < -0.39 is 0 Å². The van der Waals surface area contributed by atoms with Crippen LogP contribution in [0, 0.1) is 0 Å². The van der Waals surface area contributed by atoms with Gasteiger partial charge >= 0.3 is 0 Å². The lowest BCUT2D eigenvalue weighted by Gasteiger charge is -2.26. The molecule has 0 bridgehead atoms. The number of hydrogen-bond donors (Lipinski definition) is 4. The zero-order valence-corrected chi connectivity index (χ0v) is 19.7. The van der Waals surface area contributed by atoms with Gasteiger partial charge < -0.3 is 26.7 Å². The highest BCUT2D eigenvalue weighted by atomic mass is 35.5. The van der Waals surface area contributed by atoms with E-state index >= 15 is 0 Å². The van der Waals surface area contributed by atoms with Crippen molar-refractivity contribution in [2.75, 3.05) is 16.4 Å². The Morgan fingerprint density at radius 3 is 2.59 bits per heavy atom. The molecule has 4 aromatic rings. The summed E-state index contributed by atoms with van der Waals surface area (Å²) < 4.78 is 2.05. The van der Waals surface area contributed by atoms with E-state index in [1.54, 1.807) is 6.07 Å². The molecule has 0 unspecified atom stereocenters. The van der Waals surface area contributed by atoms with Gasteiger partial charge in [0.15, 0.2) is 17.0 Å². The predicted octanol–water partition coefficient (Wildman–Crippen LogP) is 4.40. The number of hydrogen-bond acceptors (Lipinski definition) is 7. The van der Waals surface area contributed by atoms with E-state index in [0.717, 1.165) is 36.9 Å². The average Bonchev–Trinajstić information content (AvgIpc) is 3.24. The summed E-state index contributed by atoms with van der Waals surface area (Å²) in [4.78, 5) is 14.3. The molecule has 1 saturated carbocycles. The standard InChI is InChI=1S/C25H29ClN8/c26-20-8-4-7-17(21(20)28)13-29-23-22-24(34(15-30-22)14-16-5-2-1-3-6-16)33-25(32-23)31-19-11-9-18(27)10-12-19/h1-8,15,18-19H,9-14,27-28H2,(H2,29,31,32,33).